The first-order chi connectivity index (χ1) is 7.09. The highest BCUT2D eigenvalue weighted by Gasteiger charge is 2.25. The molecule has 1 fully saturated rings. The molecule has 1 N–H and O–H groups in total. The second-order valence-corrected chi connectivity index (χ2v) is 5.27. The average Bonchev–Trinajstić information content (AvgIpc) is 2.22. The Morgan fingerprint density at radius 3 is 2.27 bits per heavy atom. The van der Waals surface area contributed by atoms with Crippen molar-refractivity contribution in [3.63, 3.8) is 0 Å². The minimum atomic E-state index is 0.435. The SMILES string of the molecule is CCC(C)(CNC)CN1CCN(C)CC1. The molecule has 90 valence electrons. The van der Waals surface area contributed by atoms with Gasteiger partial charge in [0.25, 0.3) is 0 Å². The molecule has 1 rings (SSSR count). The summed E-state index contributed by atoms with van der Waals surface area (Å²) in [6.07, 6.45) is 1.25. The lowest BCUT2D eigenvalue weighted by atomic mass is 9.86. The number of piperazine rings is 1. The van der Waals surface area contributed by atoms with Crippen LogP contribution in [0.25, 0.3) is 0 Å². The highest BCUT2D eigenvalue weighted by atomic mass is 15.2. The zero-order valence-corrected chi connectivity index (χ0v) is 10.8. The molecule has 0 spiro atoms. The molecule has 0 aromatic carbocycles. The Balaban J connectivity index is 2.38. The fourth-order valence-corrected chi connectivity index (χ4v) is 2.27. The van der Waals surface area contributed by atoms with Gasteiger partial charge in [-0.15, -0.1) is 0 Å². The predicted molar refractivity (Wildman–Crippen MR) is 66.3 cm³/mol. The van der Waals surface area contributed by atoms with E-state index in [9.17, 15) is 0 Å². The second-order valence-electron chi connectivity index (χ2n) is 5.27. The molecule has 0 aromatic rings. The molecule has 15 heavy (non-hydrogen) atoms. The highest BCUT2D eigenvalue weighted by Crippen LogP contribution is 2.22. The molecule has 3 heteroatoms. The van der Waals surface area contributed by atoms with E-state index >= 15 is 0 Å². The molecule has 0 saturated carbocycles. The molecule has 3 nitrogen and oxygen atoms in total. The first-order valence-electron chi connectivity index (χ1n) is 6.15. The summed E-state index contributed by atoms with van der Waals surface area (Å²) in [4.78, 5) is 5.03. The first kappa shape index (κ1) is 12.9. The van der Waals surface area contributed by atoms with Crippen molar-refractivity contribution in [1.82, 2.24) is 15.1 Å². The zero-order chi connectivity index (χ0) is 11.3. The van der Waals surface area contributed by atoms with Gasteiger partial charge in [0.15, 0.2) is 0 Å². The molecule has 1 unspecified atom stereocenters. The van der Waals surface area contributed by atoms with E-state index in [0.717, 1.165) is 6.54 Å². The van der Waals surface area contributed by atoms with Gasteiger partial charge >= 0.3 is 0 Å². The molecule has 0 aromatic heterocycles. The van der Waals surface area contributed by atoms with E-state index in [4.69, 9.17) is 0 Å². The number of rotatable bonds is 5. The third-order valence-corrected chi connectivity index (χ3v) is 3.66. The lowest BCUT2D eigenvalue weighted by Crippen LogP contribution is -2.49. The number of nitrogens with zero attached hydrogens (tertiary/aromatic N) is 2. The van der Waals surface area contributed by atoms with E-state index < -0.39 is 0 Å². The Hall–Kier alpha value is -0.120. The standard InChI is InChI=1S/C12H27N3/c1-5-12(2,10-13-3)11-15-8-6-14(4)7-9-15/h13H,5-11H2,1-4H3. The van der Waals surface area contributed by atoms with Crippen LogP contribution < -0.4 is 5.32 Å². The van der Waals surface area contributed by atoms with Gasteiger partial charge < -0.3 is 15.1 Å². The van der Waals surface area contributed by atoms with Crippen LogP contribution in [-0.2, 0) is 0 Å². The number of hydrogen-bond donors (Lipinski definition) is 1. The van der Waals surface area contributed by atoms with Gasteiger partial charge in [0, 0.05) is 39.3 Å². The van der Waals surface area contributed by atoms with Gasteiger partial charge in [-0.1, -0.05) is 13.8 Å². The molecular formula is C12H27N3. The Morgan fingerprint density at radius 2 is 1.80 bits per heavy atom. The van der Waals surface area contributed by atoms with Gasteiger partial charge in [0.05, 0.1) is 0 Å². The van der Waals surface area contributed by atoms with Crippen LogP contribution in [0.3, 0.4) is 0 Å². The van der Waals surface area contributed by atoms with E-state index in [-0.39, 0.29) is 0 Å². The summed E-state index contributed by atoms with van der Waals surface area (Å²) in [5.74, 6) is 0. The molecule has 0 amide bonds. The van der Waals surface area contributed by atoms with Crippen LogP contribution in [0.15, 0.2) is 0 Å². The summed E-state index contributed by atoms with van der Waals surface area (Å²) in [5.41, 5.74) is 0.435. The van der Waals surface area contributed by atoms with E-state index in [1.165, 1.54) is 39.1 Å². The molecule has 1 saturated heterocycles. The molecule has 0 aliphatic carbocycles. The summed E-state index contributed by atoms with van der Waals surface area (Å²) < 4.78 is 0. The van der Waals surface area contributed by atoms with Gasteiger partial charge in [-0.25, -0.2) is 0 Å². The van der Waals surface area contributed by atoms with Gasteiger partial charge in [-0.3, -0.25) is 0 Å². The first-order valence-corrected chi connectivity index (χ1v) is 6.15. The van der Waals surface area contributed by atoms with Crippen molar-refractivity contribution in [3.8, 4) is 0 Å². The van der Waals surface area contributed by atoms with Crippen molar-refractivity contribution in [2.75, 3.05) is 53.4 Å². The van der Waals surface area contributed by atoms with Crippen LogP contribution >= 0.6 is 0 Å². The molecular weight excluding hydrogens is 186 g/mol. The summed E-state index contributed by atoms with van der Waals surface area (Å²) in [7, 11) is 4.27. The van der Waals surface area contributed by atoms with E-state index in [0.29, 0.717) is 5.41 Å². The van der Waals surface area contributed by atoms with Crippen LogP contribution in [0.5, 0.6) is 0 Å². The van der Waals surface area contributed by atoms with E-state index in [1.807, 2.05) is 0 Å². The summed E-state index contributed by atoms with van der Waals surface area (Å²) in [6.45, 7) is 12.0. The normalized spacial score (nSPS) is 24.0. The predicted octanol–water partition coefficient (Wildman–Crippen LogP) is 0.870. The number of nitrogens with one attached hydrogen (secondary N) is 1. The maximum atomic E-state index is 3.32. The zero-order valence-electron chi connectivity index (χ0n) is 10.8. The van der Waals surface area contributed by atoms with Gasteiger partial charge in [0.2, 0.25) is 0 Å². The van der Waals surface area contributed by atoms with Crippen molar-refractivity contribution < 1.29 is 0 Å². The maximum Gasteiger partial charge on any atom is 0.0110 e. The second kappa shape index (κ2) is 5.83. The van der Waals surface area contributed by atoms with Crippen LogP contribution in [0.1, 0.15) is 20.3 Å². The molecule has 1 aliphatic rings. The smallest absolute Gasteiger partial charge is 0.0110 e. The number of hydrogen-bond acceptors (Lipinski definition) is 3. The van der Waals surface area contributed by atoms with Crippen molar-refractivity contribution in [2.24, 2.45) is 5.41 Å². The Morgan fingerprint density at radius 1 is 1.20 bits per heavy atom. The van der Waals surface area contributed by atoms with Gasteiger partial charge in [-0.2, -0.15) is 0 Å². The highest BCUT2D eigenvalue weighted by molar-refractivity contribution is 4.81. The van der Waals surface area contributed by atoms with Crippen molar-refractivity contribution in [3.05, 3.63) is 0 Å². The van der Waals surface area contributed by atoms with Crippen LogP contribution in [0.2, 0.25) is 0 Å². The largest absolute Gasteiger partial charge is 0.319 e. The van der Waals surface area contributed by atoms with Crippen molar-refractivity contribution >= 4 is 0 Å². The van der Waals surface area contributed by atoms with Crippen LogP contribution in [0.4, 0.5) is 0 Å². The maximum absolute atomic E-state index is 3.32. The molecule has 1 aliphatic heterocycles. The fourth-order valence-electron chi connectivity index (χ4n) is 2.27. The summed E-state index contributed by atoms with van der Waals surface area (Å²) in [6, 6.07) is 0. The quantitative estimate of drug-likeness (QED) is 0.731. The molecule has 0 bridgehead atoms. The van der Waals surface area contributed by atoms with Crippen molar-refractivity contribution in [1.29, 1.82) is 0 Å². The van der Waals surface area contributed by atoms with Gasteiger partial charge in [0.1, 0.15) is 0 Å². The van der Waals surface area contributed by atoms with E-state index in [1.54, 1.807) is 0 Å². The topological polar surface area (TPSA) is 18.5 Å². The van der Waals surface area contributed by atoms with E-state index in [2.05, 4.69) is 43.1 Å². The fraction of sp³-hybridized carbons (Fsp3) is 1.00. The monoisotopic (exact) mass is 213 g/mol. The number of likely N-dealkylation sites (N-methyl/N-ethyl adjacent to an activating group) is 1. The minimum Gasteiger partial charge on any atom is -0.319 e. The van der Waals surface area contributed by atoms with Gasteiger partial charge in [-0.05, 0) is 25.9 Å². The molecule has 1 atom stereocenters. The van der Waals surface area contributed by atoms with Crippen molar-refractivity contribution in [2.45, 2.75) is 20.3 Å². The Kier molecular flexibility index (Phi) is 5.03. The molecule has 0 radical (unpaired) electrons. The Labute approximate surface area is 94.8 Å². The van der Waals surface area contributed by atoms with Crippen LogP contribution in [-0.4, -0.2) is 63.2 Å². The average molecular weight is 213 g/mol. The minimum absolute atomic E-state index is 0.435. The molecule has 1 heterocycles. The lowest BCUT2D eigenvalue weighted by molar-refractivity contribution is 0.101. The van der Waals surface area contributed by atoms with Crippen LogP contribution in [0, 0.1) is 5.41 Å². The third-order valence-electron chi connectivity index (χ3n) is 3.66. The lowest BCUT2D eigenvalue weighted by Gasteiger charge is -2.39. The Bertz CT molecular complexity index is 176. The third kappa shape index (κ3) is 4.09. The summed E-state index contributed by atoms with van der Waals surface area (Å²) >= 11 is 0. The summed E-state index contributed by atoms with van der Waals surface area (Å²) in [5, 5.41) is 3.32.